The van der Waals surface area contributed by atoms with Gasteiger partial charge in [-0.1, -0.05) is 125 Å². The molecular weight excluding hydrogens is 477 g/mol. The summed E-state index contributed by atoms with van der Waals surface area (Å²) >= 11 is 0. The van der Waals surface area contributed by atoms with Crippen molar-refractivity contribution in [3.8, 4) is 0 Å². The van der Waals surface area contributed by atoms with Gasteiger partial charge in [0.05, 0.1) is 12.8 Å². The minimum atomic E-state index is -2.80. The zero-order valence-electron chi connectivity index (χ0n) is 22.5. The van der Waals surface area contributed by atoms with Crippen molar-refractivity contribution in [1.82, 2.24) is 5.12 Å². The summed E-state index contributed by atoms with van der Waals surface area (Å²) in [5.41, 5.74) is 0.0165. The Morgan fingerprint density at radius 3 is 2.43 bits per heavy atom. The summed E-state index contributed by atoms with van der Waals surface area (Å²) in [6.07, 6.45) is 16.3. The lowest BCUT2D eigenvalue weighted by atomic mass is 9.99. The third-order valence-electron chi connectivity index (χ3n) is 7.40. The molecule has 1 fully saturated rings. The van der Waals surface area contributed by atoms with Gasteiger partial charge in [0.15, 0.2) is 5.76 Å². The quantitative estimate of drug-likeness (QED) is 0.110. The summed E-state index contributed by atoms with van der Waals surface area (Å²) in [5.74, 6) is -2.34. The van der Waals surface area contributed by atoms with Crippen molar-refractivity contribution in [2.75, 3.05) is 13.2 Å². The van der Waals surface area contributed by atoms with Gasteiger partial charge in [-0.05, 0) is 18.8 Å². The van der Waals surface area contributed by atoms with E-state index in [1.54, 1.807) is 18.2 Å². The summed E-state index contributed by atoms with van der Waals surface area (Å²) in [4.78, 5) is 3.82. The first-order chi connectivity index (χ1) is 18.0. The molecule has 2 aliphatic rings. The fourth-order valence-corrected chi connectivity index (χ4v) is 5.14. The number of nitrogens with zero attached hydrogens (tertiary/aromatic N) is 2. The van der Waals surface area contributed by atoms with Crippen LogP contribution >= 0.6 is 0 Å². The molecule has 1 saturated carbocycles. The predicted molar refractivity (Wildman–Crippen MR) is 143 cm³/mol. The molecule has 208 valence electrons. The van der Waals surface area contributed by atoms with Gasteiger partial charge >= 0.3 is 5.92 Å². The van der Waals surface area contributed by atoms with Crippen molar-refractivity contribution >= 4 is 6.21 Å². The topological polar surface area (TPSA) is 34.1 Å². The number of aliphatic imine (C=N–C) groups is 1. The standard InChI is InChI=1S/C30H45F3N2O2/c1-2-3-4-12-21-27(31)24-37-29-28(23-34-30(32,35(29)33)26-19-10-8-11-20-26)36-22-15-7-5-6-9-16-25-17-13-14-18-25/h8,10-11,19-20,23,25,27H,2-7,9,12-18,21-22,24H2,1H3. The Morgan fingerprint density at radius 2 is 1.68 bits per heavy atom. The van der Waals surface area contributed by atoms with Crippen molar-refractivity contribution in [3.63, 3.8) is 0 Å². The zero-order chi connectivity index (χ0) is 26.3. The number of alkyl halides is 2. The van der Waals surface area contributed by atoms with Crippen LogP contribution in [0.2, 0.25) is 0 Å². The normalized spacial score (nSPS) is 21.0. The van der Waals surface area contributed by atoms with Gasteiger partial charge in [-0.25, -0.2) is 9.38 Å². The largest absolute Gasteiger partial charge is 0.487 e. The molecule has 2 unspecified atom stereocenters. The summed E-state index contributed by atoms with van der Waals surface area (Å²) in [7, 11) is 0. The maximum absolute atomic E-state index is 15.7. The van der Waals surface area contributed by atoms with E-state index in [1.165, 1.54) is 57.1 Å². The van der Waals surface area contributed by atoms with Gasteiger partial charge in [-0.3, -0.25) is 0 Å². The highest BCUT2D eigenvalue weighted by molar-refractivity contribution is 5.78. The van der Waals surface area contributed by atoms with E-state index >= 15 is 8.87 Å². The Labute approximate surface area is 221 Å². The Balaban J connectivity index is 1.51. The summed E-state index contributed by atoms with van der Waals surface area (Å²) < 4.78 is 56.8. The number of halogens is 3. The average molecular weight is 523 g/mol. The lowest BCUT2D eigenvalue weighted by molar-refractivity contribution is -0.176. The fourth-order valence-electron chi connectivity index (χ4n) is 5.14. The van der Waals surface area contributed by atoms with Crippen molar-refractivity contribution in [1.29, 1.82) is 0 Å². The molecule has 0 spiro atoms. The zero-order valence-corrected chi connectivity index (χ0v) is 22.5. The van der Waals surface area contributed by atoms with Crippen molar-refractivity contribution in [2.24, 2.45) is 10.9 Å². The molecule has 3 rings (SSSR count). The van der Waals surface area contributed by atoms with Crippen LogP contribution < -0.4 is 0 Å². The third-order valence-corrected chi connectivity index (χ3v) is 7.40. The second-order valence-corrected chi connectivity index (χ2v) is 10.5. The van der Waals surface area contributed by atoms with Crippen molar-refractivity contribution in [2.45, 2.75) is 115 Å². The lowest BCUT2D eigenvalue weighted by Crippen LogP contribution is -2.40. The Morgan fingerprint density at radius 1 is 0.973 bits per heavy atom. The molecule has 2 atom stereocenters. The molecular formula is C30H45F3N2O2. The number of hydrogen-bond acceptors (Lipinski definition) is 4. The SMILES string of the molecule is CCCCCCC(F)COC1=C(OCCCCCCCC2CCCC2)C=NC(F)(c2ccccc2)N1F. The molecule has 1 heterocycles. The van der Waals surface area contributed by atoms with Crippen LogP contribution in [0.1, 0.15) is 109 Å². The second-order valence-electron chi connectivity index (χ2n) is 10.5. The fraction of sp³-hybridized carbons (Fsp3) is 0.700. The van der Waals surface area contributed by atoms with E-state index in [1.807, 2.05) is 0 Å². The third kappa shape index (κ3) is 9.26. The van der Waals surface area contributed by atoms with E-state index in [-0.39, 0.29) is 23.1 Å². The van der Waals surface area contributed by atoms with Crippen molar-refractivity contribution < 1.29 is 22.7 Å². The summed E-state index contributed by atoms with van der Waals surface area (Å²) in [5, 5.41) is -0.176. The first-order valence-electron chi connectivity index (χ1n) is 14.4. The molecule has 0 amide bonds. The monoisotopic (exact) mass is 522 g/mol. The van der Waals surface area contributed by atoms with E-state index < -0.39 is 18.0 Å². The van der Waals surface area contributed by atoms with Gasteiger partial charge in [0.1, 0.15) is 12.8 Å². The molecule has 0 bridgehead atoms. The molecule has 1 aliphatic carbocycles. The second kappa shape index (κ2) is 15.9. The predicted octanol–water partition coefficient (Wildman–Crippen LogP) is 9.08. The van der Waals surface area contributed by atoms with Crippen LogP contribution in [-0.2, 0) is 15.4 Å². The highest BCUT2D eigenvalue weighted by atomic mass is 19.2. The number of benzene rings is 1. The first kappa shape index (κ1) is 29.4. The summed E-state index contributed by atoms with van der Waals surface area (Å²) in [6.45, 7) is 2.07. The van der Waals surface area contributed by atoms with Crippen LogP contribution in [0.15, 0.2) is 47.0 Å². The molecule has 7 heteroatoms. The molecule has 1 aromatic rings. The van der Waals surface area contributed by atoms with Gasteiger partial charge < -0.3 is 9.47 Å². The van der Waals surface area contributed by atoms with Crippen LogP contribution in [0.3, 0.4) is 0 Å². The van der Waals surface area contributed by atoms with Crippen LogP contribution in [0.4, 0.5) is 13.3 Å². The maximum atomic E-state index is 15.7. The number of hydrogen-bond donors (Lipinski definition) is 0. The Bertz CT molecular complexity index is 829. The van der Waals surface area contributed by atoms with Crippen LogP contribution in [0.5, 0.6) is 0 Å². The molecule has 0 aromatic heterocycles. The van der Waals surface area contributed by atoms with E-state index in [4.69, 9.17) is 9.47 Å². The van der Waals surface area contributed by atoms with E-state index in [9.17, 15) is 4.39 Å². The molecule has 0 saturated heterocycles. The van der Waals surface area contributed by atoms with E-state index in [0.29, 0.717) is 13.0 Å². The number of rotatable bonds is 18. The van der Waals surface area contributed by atoms with Gasteiger partial charge in [-0.2, -0.15) is 4.39 Å². The van der Waals surface area contributed by atoms with Gasteiger partial charge in [0.25, 0.3) is 5.88 Å². The van der Waals surface area contributed by atoms with Gasteiger partial charge in [0.2, 0.25) is 0 Å². The van der Waals surface area contributed by atoms with Crippen LogP contribution in [-0.4, -0.2) is 30.7 Å². The molecule has 0 N–H and O–H groups in total. The maximum Gasteiger partial charge on any atom is 0.333 e. The van der Waals surface area contributed by atoms with Crippen LogP contribution in [0.25, 0.3) is 0 Å². The molecule has 1 aromatic carbocycles. The Kier molecular flexibility index (Phi) is 12.6. The highest BCUT2D eigenvalue weighted by Gasteiger charge is 2.46. The molecule has 4 nitrogen and oxygen atoms in total. The number of allylic oxidation sites excluding steroid dienone is 1. The van der Waals surface area contributed by atoms with Gasteiger partial charge in [0, 0.05) is 5.56 Å². The molecule has 0 radical (unpaired) electrons. The molecule has 1 aliphatic heterocycles. The highest BCUT2D eigenvalue weighted by Crippen LogP contribution is 2.39. The first-order valence-corrected chi connectivity index (χ1v) is 14.4. The smallest absolute Gasteiger partial charge is 0.333 e. The minimum absolute atomic E-state index is 0.00822. The number of ether oxygens (including phenoxy) is 2. The average Bonchev–Trinajstić information content (AvgIpc) is 3.44. The lowest BCUT2D eigenvalue weighted by Gasteiger charge is -2.33. The minimum Gasteiger partial charge on any atom is -0.487 e. The molecule has 37 heavy (non-hydrogen) atoms. The summed E-state index contributed by atoms with van der Waals surface area (Å²) in [6, 6.07) is 7.83. The van der Waals surface area contributed by atoms with E-state index in [0.717, 1.165) is 57.1 Å². The number of unbranched alkanes of at least 4 members (excludes halogenated alkanes) is 7. The van der Waals surface area contributed by atoms with Gasteiger partial charge in [-0.15, -0.1) is 5.12 Å². The van der Waals surface area contributed by atoms with Crippen molar-refractivity contribution in [3.05, 3.63) is 47.5 Å². The Hall–Kier alpha value is -2.18. The van der Waals surface area contributed by atoms with E-state index in [2.05, 4.69) is 11.9 Å². The van der Waals surface area contributed by atoms with Crippen LogP contribution in [0, 0.1) is 5.92 Å².